The van der Waals surface area contributed by atoms with E-state index < -0.39 is 0 Å². The van der Waals surface area contributed by atoms with Crippen LogP contribution in [0.4, 0.5) is 10.1 Å². The molecule has 6 nitrogen and oxygen atoms in total. The SMILES string of the molecule is COc1ccc(C2=Nc3ccc(F)cc3C(c3ccc(OC)c(OC)c3)=NN2)cc1. The smallest absolute Gasteiger partial charge is 0.161 e. The number of halogens is 1. The molecule has 152 valence electrons. The molecule has 0 fully saturated rings. The number of hydrogen-bond acceptors (Lipinski definition) is 6. The van der Waals surface area contributed by atoms with E-state index in [9.17, 15) is 4.39 Å². The third-order valence-electron chi connectivity index (χ3n) is 4.74. The Morgan fingerprint density at radius 1 is 0.767 bits per heavy atom. The normalized spacial score (nSPS) is 12.7. The number of nitrogens with one attached hydrogen (secondary N) is 1. The van der Waals surface area contributed by atoms with Crippen LogP contribution in [0.15, 0.2) is 70.8 Å². The molecule has 1 aliphatic rings. The fourth-order valence-corrected chi connectivity index (χ4v) is 3.19. The van der Waals surface area contributed by atoms with Crippen LogP contribution in [-0.4, -0.2) is 32.9 Å². The van der Waals surface area contributed by atoms with Crippen molar-refractivity contribution in [2.75, 3.05) is 21.3 Å². The average Bonchev–Trinajstić information content (AvgIpc) is 2.98. The first-order valence-electron chi connectivity index (χ1n) is 9.22. The number of hydrazone groups is 1. The molecule has 0 saturated carbocycles. The van der Waals surface area contributed by atoms with Gasteiger partial charge in [-0.1, -0.05) is 0 Å². The predicted molar refractivity (Wildman–Crippen MR) is 114 cm³/mol. The molecule has 0 atom stereocenters. The van der Waals surface area contributed by atoms with Gasteiger partial charge >= 0.3 is 0 Å². The van der Waals surface area contributed by atoms with Crippen molar-refractivity contribution in [2.45, 2.75) is 0 Å². The van der Waals surface area contributed by atoms with E-state index in [2.05, 4.69) is 15.5 Å². The standard InChI is InChI=1S/C23H20FN3O3/c1-28-17-8-4-14(5-9-17)23-25-19-10-7-16(24)13-18(19)22(26-27-23)15-6-11-20(29-2)21(12-15)30-3/h4-13H,1-3H3,(H,25,27). The van der Waals surface area contributed by atoms with Crippen molar-refractivity contribution in [1.29, 1.82) is 0 Å². The maximum atomic E-state index is 14.1. The van der Waals surface area contributed by atoms with Crippen LogP contribution in [0.1, 0.15) is 16.7 Å². The van der Waals surface area contributed by atoms with Gasteiger partial charge in [0.2, 0.25) is 0 Å². The number of hydrogen-bond donors (Lipinski definition) is 1. The largest absolute Gasteiger partial charge is 0.497 e. The van der Waals surface area contributed by atoms with Gasteiger partial charge in [0.25, 0.3) is 0 Å². The topological polar surface area (TPSA) is 64.4 Å². The summed E-state index contributed by atoms with van der Waals surface area (Å²) in [5.41, 5.74) is 6.28. The lowest BCUT2D eigenvalue weighted by molar-refractivity contribution is 0.355. The van der Waals surface area contributed by atoms with Crippen LogP contribution < -0.4 is 19.6 Å². The number of nitrogens with zero attached hydrogens (tertiary/aromatic N) is 2. The molecule has 30 heavy (non-hydrogen) atoms. The second-order valence-corrected chi connectivity index (χ2v) is 6.49. The van der Waals surface area contributed by atoms with Gasteiger partial charge in [-0.05, 0) is 60.7 Å². The van der Waals surface area contributed by atoms with Crippen molar-refractivity contribution in [3.63, 3.8) is 0 Å². The highest BCUT2D eigenvalue weighted by atomic mass is 19.1. The molecule has 1 N–H and O–H groups in total. The van der Waals surface area contributed by atoms with Gasteiger partial charge in [0.1, 0.15) is 17.3 Å². The lowest BCUT2D eigenvalue weighted by Crippen LogP contribution is -2.19. The Balaban J connectivity index is 1.82. The van der Waals surface area contributed by atoms with E-state index in [1.165, 1.54) is 12.1 Å². The third kappa shape index (κ3) is 3.69. The number of benzene rings is 3. The molecule has 0 spiro atoms. The Labute approximate surface area is 173 Å². The summed E-state index contributed by atoms with van der Waals surface area (Å²) in [4.78, 5) is 4.69. The third-order valence-corrected chi connectivity index (χ3v) is 4.74. The van der Waals surface area contributed by atoms with Crippen molar-refractivity contribution in [3.05, 3.63) is 83.2 Å². The zero-order valence-corrected chi connectivity index (χ0v) is 16.8. The number of aliphatic imine (C=N–C) groups is 1. The van der Waals surface area contributed by atoms with Crippen molar-refractivity contribution in [1.82, 2.24) is 5.43 Å². The number of amidine groups is 1. The van der Waals surface area contributed by atoms with Crippen molar-refractivity contribution < 1.29 is 18.6 Å². The highest BCUT2D eigenvalue weighted by molar-refractivity contribution is 6.18. The summed E-state index contributed by atoms with van der Waals surface area (Å²) >= 11 is 0. The van der Waals surface area contributed by atoms with Crippen LogP contribution in [0.2, 0.25) is 0 Å². The molecule has 1 heterocycles. The molecule has 0 aliphatic carbocycles. The fraction of sp³-hybridized carbons (Fsp3) is 0.130. The molecule has 0 aromatic heterocycles. The second kappa shape index (κ2) is 8.24. The van der Waals surface area contributed by atoms with Crippen LogP contribution in [0.5, 0.6) is 17.2 Å². The van der Waals surface area contributed by atoms with Crippen molar-refractivity contribution in [2.24, 2.45) is 10.1 Å². The minimum Gasteiger partial charge on any atom is -0.497 e. The van der Waals surface area contributed by atoms with E-state index in [4.69, 9.17) is 14.2 Å². The highest BCUT2D eigenvalue weighted by Crippen LogP contribution is 2.32. The average molecular weight is 405 g/mol. The molecule has 4 rings (SSSR count). The van der Waals surface area contributed by atoms with Gasteiger partial charge < -0.3 is 14.2 Å². The molecular weight excluding hydrogens is 385 g/mol. The van der Waals surface area contributed by atoms with Crippen LogP contribution in [-0.2, 0) is 0 Å². The summed E-state index contributed by atoms with van der Waals surface area (Å²) in [7, 11) is 4.75. The van der Waals surface area contributed by atoms with Crippen LogP contribution in [0.25, 0.3) is 0 Å². The lowest BCUT2D eigenvalue weighted by atomic mass is 10.00. The van der Waals surface area contributed by atoms with E-state index in [1.54, 1.807) is 39.5 Å². The molecule has 3 aromatic carbocycles. The molecule has 0 saturated heterocycles. The van der Waals surface area contributed by atoms with Gasteiger partial charge in [-0.3, -0.25) is 5.43 Å². The van der Waals surface area contributed by atoms with Gasteiger partial charge in [-0.2, -0.15) is 5.10 Å². The molecule has 3 aromatic rings. The van der Waals surface area contributed by atoms with E-state index in [-0.39, 0.29) is 5.82 Å². The van der Waals surface area contributed by atoms with Crippen molar-refractivity contribution >= 4 is 17.2 Å². The number of rotatable bonds is 5. The molecule has 1 aliphatic heterocycles. The zero-order chi connectivity index (χ0) is 21.1. The lowest BCUT2D eigenvalue weighted by Gasteiger charge is -2.12. The number of ether oxygens (including phenoxy) is 3. The van der Waals surface area contributed by atoms with E-state index in [1.807, 2.05) is 30.3 Å². The summed E-state index contributed by atoms with van der Waals surface area (Å²) in [6.45, 7) is 0. The Bertz CT molecular complexity index is 1140. The summed E-state index contributed by atoms with van der Waals surface area (Å²) in [6, 6.07) is 17.3. The maximum absolute atomic E-state index is 14.1. The van der Waals surface area contributed by atoms with E-state index >= 15 is 0 Å². The quantitative estimate of drug-likeness (QED) is 0.688. The number of fused-ring (bicyclic) bond motifs is 1. The summed E-state index contributed by atoms with van der Waals surface area (Å²) in [5, 5.41) is 4.55. The maximum Gasteiger partial charge on any atom is 0.161 e. The Kier molecular flexibility index (Phi) is 5.34. The van der Waals surface area contributed by atoms with E-state index in [0.717, 1.165) is 16.9 Å². The minimum atomic E-state index is -0.370. The van der Waals surface area contributed by atoms with E-state index in [0.29, 0.717) is 34.3 Å². The minimum absolute atomic E-state index is 0.370. The fourth-order valence-electron chi connectivity index (χ4n) is 3.19. The van der Waals surface area contributed by atoms with Gasteiger partial charge in [0.15, 0.2) is 17.3 Å². The van der Waals surface area contributed by atoms with Gasteiger partial charge in [-0.25, -0.2) is 9.38 Å². The first-order chi connectivity index (χ1) is 14.6. The summed E-state index contributed by atoms with van der Waals surface area (Å²) in [6.07, 6.45) is 0. The van der Waals surface area contributed by atoms with Crippen molar-refractivity contribution in [3.8, 4) is 17.2 Å². The Morgan fingerprint density at radius 3 is 2.20 bits per heavy atom. The first-order valence-corrected chi connectivity index (χ1v) is 9.22. The van der Waals surface area contributed by atoms with Gasteiger partial charge in [0.05, 0.1) is 27.0 Å². The summed E-state index contributed by atoms with van der Waals surface area (Å²) in [5.74, 6) is 2.06. The molecule has 0 bridgehead atoms. The molecule has 0 amide bonds. The Morgan fingerprint density at radius 2 is 1.50 bits per heavy atom. The Hall–Kier alpha value is -3.87. The van der Waals surface area contributed by atoms with Crippen LogP contribution in [0.3, 0.4) is 0 Å². The predicted octanol–water partition coefficient (Wildman–Crippen LogP) is 4.29. The first kappa shape index (κ1) is 19.4. The van der Waals surface area contributed by atoms with Crippen LogP contribution in [0, 0.1) is 5.82 Å². The zero-order valence-electron chi connectivity index (χ0n) is 16.8. The second-order valence-electron chi connectivity index (χ2n) is 6.49. The molecule has 0 radical (unpaired) electrons. The monoisotopic (exact) mass is 405 g/mol. The van der Waals surface area contributed by atoms with Crippen LogP contribution >= 0.6 is 0 Å². The molecule has 0 unspecified atom stereocenters. The summed E-state index contributed by atoms with van der Waals surface area (Å²) < 4.78 is 30.0. The molecule has 7 heteroatoms. The van der Waals surface area contributed by atoms with Gasteiger partial charge in [0, 0.05) is 16.7 Å². The number of methoxy groups -OCH3 is 3. The molecular formula is C23H20FN3O3. The highest BCUT2D eigenvalue weighted by Gasteiger charge is 2.19. The van der Waals surface area contributed by atoms with Gasteiger partial charge in [-0.15, -0.1) is 0 Å².